The molecule has 1 spiro atoms. The SMILES string of the molecule is CCN(Cc1ccccc1)C(=O)c1cc(C)nc(N2CCC3(CC2)OCCO3)n1. The van der Waals surface area contributed by atoms with Gasteiger partial charge in [0, 0.05) is 44.7 Å². The van der Waals surface area contributed by atoms with Crippen molar-refractivity contribution in [3.63, 3.8) is 0 Å². The second kappa shape index (κ2) is 8.47. The minimum atomic E-state index is -0.437. The molecule has 0 N–H and O–H groups in total. The molecular formula is C22H28N4O3. The molecule has 7 heteroatoms. The van der Waals surface area contributed by atoms with Gasteiger partial charge in [0.2, 0.25) is 5.95 Å². The standard InChI is InChI=1S/C22H28N4O3/c1-3-25(16-18-7-5-4-6-8-18)20(27)19-15-17(2)23-21(24-19)26-11-9-22(10-12-26)28-13-14-29-22/h4-8,15H,3,9-14,16H2,1-2H3. The highest BCUT2D eigenvalue weighted by atomic mass is 16.7. The summed E-state index contributed by atoms with van der Waals surface area (Å²) in [5.74, 6) is 0.101. The second-order valence-corrected chi connectivity index (χ2v) is 7.59. The van der Waals surface area contributed by atoms with E-state index in [1.165, 1.54) is 0 Å². The number of aryl methyl sites for hydroxylation is 1. The van der Waals surface area contributed by atoms with Gasteiger partial charge in [-0.1, -0.05) is 30.3 Å². The first-order valence-corrected chi connectivity index (χ1v) is 10.3. The number of rotatable bonds is 5. The van der Waals surface area contributed by atoms with Gasteiger partial charge in [-0.25, -0.2) is 9.97 Å². The molecule has 2 saturated heterocycles. The summed E-state index contributed by atoms with van der Waals surface area (Å²) in [7, 11) is 0. The van der Waals surface area contributed by atoms with Crippen molar-refractivity contribution in [3.8, 4) is 0 Å². The summed E-state index contributed by atoms with van der Waals surface area (Å²) in [5.41, 5.74) is 2.34. The van der Waals surface area contributed by atoms with E-state index in [0.717, 1.165) is 37.2 Å². The molecule has 0 unspecified atom stereocenters. The molecule has 0 radical (unpaired) electrons. The normalized spacial score (nSPS) is 18.2. The Bertz CT molecular complexity index is 842. The summed E-state index contributed by atoms with van der Waals surface area (Å²) in [6.07, 6.45) is 1.56. The van der Waals surface area contributed by atoms with Crippen molar-refractivity contribution in [2.45, 2.75) is 39.0 Å². The summed E-state index contributed by atoms with van der Waals surface area (Å²) in [5, 5.41) is 0. The molecule has 2 aliphatic rings. The summed E-state index contributed by atoms with van der Waals surface area (Å²) in [6.45, 7) is 7.90. The van der Waals surface area contributed by atoms with Crippen molar-refractivity contribution in [1.29, 1.82) is 0 Å². The lowest BCUT2D eigenvalue weighted by Gasteiger charge is -2.37. The Hall–Kier alpha value is -2.51. The van der Waals surface area contributed by atoms with Crippen molar-refractivity contribution in [2.75, 3.05) is 37.7 Å². The first kappa shape index (κ1) is 19.8. The molecule has 154 valence electrons. The van der Waals surface area contributed by atoms with E-state index in [0.29, 0.717) is 37.9 Å². The highest BCUT2D eigenvalue weighted by molar-refractivity contribution is 5.92. The van der Waals surface area contributed by atoms with Gasteiger partial charge in [0.05, 0.1) is 13.2 Å². The maximum Gasteiger partial charge on any atom is 0.272 e. The molecule has 2 aromatic rings. The number of carbonyl (C=O) groups is 1. The predicted octanol–water partition coefficient (Wildman–Crippen LogP) is 2.79. The molecule has 0 bridgehead atoms. The maximum absolute atomic E-state index is 13.1. The van der Waals surface area contributed by atoms with Crippen LogP contribution in [0.5, 0.6) is 0 Å². The minimum absolute atomic E-state index is 0.0703. The summed E-state index contributed by atoms with van der Waals surface area (Å²) < 4.78 is 11.6. The minimum Gasteiger partial charge on any atom is -0.347 e. The molecule has 7 nitrogen and oxygen atoms in total. The van der Waals surface area contributed by atoms with Crippen LogP contribution in [0, 0.1) is 6.92 Å². The molecule has 0 saturated carbocycles. The van der Waals surface area contributed by atoms with E-state index < -0.39 is 5.79 Å². The van der Waals surface area contributed by atoms with Gasteiger partial charge in [-0.2, -0.15) is 0 Å². The Morgan fingerprint density at radius 3 is 2.48 bits per heavy atom. The highest BCUT2D eigenvalue weighted by Crippen LogP contribution is 2.32. The van der Waals surface area contributed by atoms with E-state index in [-0.39, 0.29) is 5.91 Å². The number of carbonyl (C=O) groups excluding carboxylic acids is 1. The van der Waals surface area contributed by atoms with Gasteiger partial charge in [0.25, 0.3) is 5.91 Å². The van der Waals surface area contributed by atoms with Crippen LogP contribution in [-0.4, -0.2) is 59.4 Å². The molecule has 4 rings (SSSR count). The van der Waals surface area contributed by atoms with Crippen LogP contribution < -0.4 is 4.90 Å². The van der Waals surface area contributed by atoms with E-state index in [1.807, 2.05) is 49.1 Å². The number of benzene rings is 1. The van der Waals surface area contributed by atoms with Crippen molar-refractivity contribution in [1.82, 2.24) is 14.9 Å². The van der Waals surface area contributed by atoms with Crippen LogP contribution in [0.4, 0.5) is 5.95 Å². The molecule has 1 aromatic heterocycles. The quantitative estimate of drug-likeness (QED) is 0.774. The predicted molar refractivity (Wildman–Crippen MR) is 110 cm³/mol. The average Bonchev–Trinajstić information content (AvgIpc) is 3.20. The Morgan fingerprint density at radius 1 is 1.14 bits per heavy atom. The van der Waals surface area contributed by atoms with E-state index in [2.05, 4.69) is 14.9 Å². The Balaban J connectivity index is 1.49. The monoisotopic (exact) mass is 396 g/mol. The second-order valence-electron chi connectivity index (χ2n) is 7.59. The van der Waals surface area contributed by atoms with E-state index in [4.69, 9.17) is 9.47 Å². The smallest absolute Gasteiger partial charge is 0.272 e. The molecular weight excluding hydrogens is 368 g/mol. The summed E-state index contributed by atoms with van der Waals surface area (Å²) in [4.78, 5) is 26.3. The van der Waals surface area contributed by atoms with Gasteiger partial charge in [-0.3, -0.25) is 4.79 Å². The Kier molecular flexibility index (Phi) is 5.78. The number of hydrogen-bond acceptors (Lipinski definition) is 6. The molecule has 1 amide bonds. The molecule has 2 fully saturated rings. The van der Waals surface area contributed by atoms with Crippen LogP contribution in [0.1, 0.15) is 41.5 Å². The van der Waals surface area contributed by atoms with Crippen molar-refractivity contribution < 1.29 is 14.3 Å². The largest absolute Gasteiger partial charge is 0.347 e. The molecule has 0 aliphatic carbocycles. The molecule has 0 atom stereocenters. The first-order valence-electron chi connectivity index (χ1n) is 10.3. The van der Waals surface area contributed by atoms with Crippen LogP contribution in [0.2, 0.25) is 0 Å². The Morgan fingerprint density at radius 2 is 1.83 bits per heavy atom. The number of piperidine rings is 1. The number of anilines is 1. The fourth-order valence-corrected chi connectivity index (χ4v) is 3.93. The molecule has 29 heavy (non-hydrogen) atoms. The van der Waals surface area contributed by atoms with E-state index in [9.17, 15) is 4.79 Å². The molecule has 1 aromatic carbocycles. The lowest BCUT2D eigenvalue weighted by atomic mass is 10.0. The zero-order chi connectivity index (χ0) is 20.3. The Labute approximate surface area is 171 Å². The lowest BCUT2D eigenvalue weighted by Crippen LogP contribution is -2.46. The van der Waals surface area contributed by atoms with E-state index in [1.54, 1.807) is 6.07 Å². The lowest BCUT2D eigenvalue weighted by molar-refractivity contribution is -0.169. The molecule has 2 aliphatic heterocycles. The third kappa shape index (κ3) is 4.41. The third-order valence-corrected chi connectivity index (χ3v) is 5.57. The van der Waals surface area contributed by atoms with Gasteiger partial charge >= 0.3 is 0 Å². The van der Waals surface area contributed by atoms with Crippen LogP contribution in [0.25, 0.3) is 0 Å². The zero-order valence-electron chi connectivity index (χ0n) is 17.1. The van der Waals surface area contributed by atoms with Gasteiger partial charge in [0.15, 0.2) is 5.79 Å². The number of aromatic nitrogens is 2. The van der Waals surface area contributed by atoms with Gasteiger partial charge < -0.3 is 19.3 Å². The summed E-state index contributed by atoms with van der Waals surface area (Å²) >= 11 is 0. The topological polar surface area (TPSA) is 67.8 Å². The number of ether oxygens (including phenoxy) is 2. The van der Waals surface area contributed by atoms with Crippen LogP contribution >= 0.6 is 0 Å². The number of nitrogens with zero attached hydrogens (tertiary/aromatic N) is 4. The van der Waals surface area contributed by atoms with Crippen molar-refractivity contribution in [2.24, 2.45) is 0 Å². The van der Waals surface area contributed by atoms with Crippen LogP contribution in [-0.2, 0) is 16.0 Å². The summed E-state index contributed by atoms with van der Waals surface area (Å²) in [6, 6.07) is 11.8. The third-order valence-electron chi connectivity index (χ3n) is 5.57. The van der Waals surface area contributed by atoms with Crippen LogP contribution in [0.3, 0.4) is 0 Å². The first-order chi connectivity index (χ1) is 14.1. The molecule has 3 heterocycles. The van der Waals surface area contributed by atoms with Crippen molar-refractivity contribution >= 4 is 11.9 Å². The fourth-order valence-electron chi connectivity index (χ4n) is 3.93. The maximum atomic E-state index is 13.1. The number of amides is 1. The fraction of sp³-hybridized carbons (Fsp3) is 0.500. The van der Waals surface area contributed by atoms with Crippen molar-refractivity contribution in [3.05, 3.63) is 53.3 Å². The highest BCUT2D eigenvalue weighted by Gasteiger charge is 2.40. The van der Waals surface area contributed by atoms with Gasteiger partial charge in [-0.15, -0.1) is 0 Å². The van der Waals surface area contributed by atoms with Gasteiger partial charge in [0.1, 0.15) is 5.69 Å². The zero-order valence-corrected chi connectivity index (χ0v) is 17.1. The number of hydrogen-bond donors (Lipinski definition) is 0. The van der Waals surface area contributed by atoms with Crippen LogP contribution in [0.15, 0.2) is 36.4 Å². The average molecular weight is 396 g/mol. The van der Waals surface area contributed by atoms with Gasteiger partial charge in [-0.05, 0) is 25.5 Å². The van der Waals surface area contributed by atoms with E-state index >= 15 is 0 Å².